The van der Waals surface area contributed by atoms with Crippen molar-refractivity contribution in [2.45, 2.75) is 19.1 Å². The fraction of sp³-hybridized carbons (Fsp3) is 0.250. The summed E-state index contributed by atoms with van der Waals surface area (Å²) in [6, 6.07) is 2.02. The molecule has 1 aromatic heterocycles. The topological polar surface area (TPSA) is 65.2 Å². The minimum Gasteiger partial charge on any atom is -0.329 e. The van der Waals surface area contributed by atoms with Gasteiger partial charge in [-0.25, -0.2) is 9.18 Å². The lowest BCUT2D eigenvalue weighted by molar-refractivity contribution is -0.138. The number of halogens is 5. The maximum Gasteiger partial charge on any atom is 0.417 e. The summed E-state index contributed by atoms with van der Waals surface area (Å²) in [6.07, 6.45) is -2.76. The predicted molar refractivity (Wildman–Crippen MR) is 89.3 cm³/mol. The Hall–Kier alpha value is -2.36. The Morgan fingerprint density at radius 1 is 1.23 bits per heavy atom. The molecule has 2 heterocycles. The fourth-order valence-corrected chi connectivity index (χ4v) is 3.26. The first-order valence-corrected chi connectivity index (χ1v) is 8.27. The van der Waals surface area contributed by atoms with Gasteiger partial charge in [-0.15, -0.1) is 0 Å². The first-order chi connectivity index (χ1) is 12.1. The van der Waals surface area contributed by atoms with Gasteiger partial charge in [-0.05, 0) is 29.7 Å². The fourth-order valence-electron chi connectivity index (χ4n) is 2.69. The van der Waals surface area contributed by atoms with E-state index in [4.69, 9.17) is 0 Å². The zero-order valence-corrected chi connectivity index (χ0v) is 14.7. The van der Waals surface area contributed by atoms with Crippen molar-refractivity contribution in [3.8, 4) is 0 Å². The average Bonchev–Trinajstić information content (AvgIpc) is 2.56. The van der Waals surface area contributed by atoms with Crippen molar-refractivity contribution in [1.82, 2.24) is 9.88 Å². The molecular weight excluding hydrogens is 422 g/mol. The van der Waals surface area contributed by atoms with Crippen molar-refractivity contribution in [3.05, 3.63) is 61.7 Å². The van der Waals surface area contributed by atoms with E-state index in [0.29, 0.717) is 19.0 Å². The molecule has 0 saturated heterocycles. The number of carbonyl (C=O) groups excluding carboxylic acids is 1. The number of hydrogen-bond acceptors (Lipinski definition) is 2. The number of fused-ring (bicyclic) bond motifs is 1. The van der Waals surface area contributed by atoms with Gasteiger partial charge in [0.1, 0.15) is 5.82 Å². The summed E-state index contributed by atoms with van der Waals surface area (Å²) in [5, 5.41) is 2.28. The lowest BCUT2D eigenvalue weighted by Gasteiger charge is -2.28. The zero-order valence-electron chi connectivity index (χ0n) is 13.1. The lowest BCUT2D eigenvalue weighted by Crippen LogP contribution is -2.39. The number of hydrogen-bond donors (Lipinski definition) is 2. The molecule has 1 aromatic carbocycles. The van der Waals surface area contributed by atoms with E-state index in [1.807, 2.05) is 0 Å². The summed E-state index contributed by atoms with van der Waals surface area (Å²) >= 11 is 2.75. The first kappa shape index (κ1) is 18.4. The molecule has 26 heavy (non-hydrogen) atoms. The molecule has 10 heteroatoms. The van der Waals surface area contributed by atoms with Gasteiger partial charge < -0.3 is 15.2 Å². The highest BCUT2D eigenvalue weighted by Gasteiger charge is 2.34. The second-order valence-corrected chi connectivity index (χ2v) is 6.61. The molecule has 138 valence electrons. The number of pyridine rings is 1. The molecule has 0 spiro atoms. The van der Waals surface area contributed by atoms with Crippen molar-refractivity contribution in [2.75, 3.05) is 11.9 Å². The molecule has 0 unspecified atom stereocenters. The Kier molecular flexibility index (Phi) is 4.78. The van der Waals surface area contributed by atoms with E-state index in [2.05, 4.69) is 26.2 Å². The van der Waals surface area contributed by atoms with Gasteiger partial charge in [0.2, 0.25) is 5.56 Å². The number of urea groups is 1. The Labute approximate surface area is 153 Å². The second-order valence-electron chi connectivity index (χ2n) is 5.76. The van der Waals surface area contributed by atoms with E-state index < -0.39 is 23.6 Å². The number of aromatic nitrogens is 1. The first-order valence-electron chi connectivity index (χ1n) is 7.48. The predicted octanol–water partition coefficient (Wildman–Crippen LogP) is 3.89. The van der Waals surface area contributed by atoms with Gasteiger partial charge >= 0.3 is 12.2 Å². The number of benzene rings is 1. The Balaban J connectivity index is 1.78. The van der Waals surface area contributed by atoms with Crippen molar-refractivity contribution in [3.63, 3.8) is 0 Å². The van der Waals surface area contributed by atoms with Crippen LogP contribution >= 0.6 is 15.9 Å². The molecule has 0 radical (unpaired) electrons. The van der Waals surface area contributed by atoms with Gasteiger partial charge in [-0.1, -0.05) is 15.9 Å². The molecular formula is C16H12BrF4N3O2. The number of carbonyl (C=O) groups is 1. The van der Waals surface area contributed by atoms with Crippen molar-refractivity contribution in [1.29, 1.82) is 0 Å². The van der Waals surface area contributed by atoms with Crippen LogP contribution in [0.4, 0.5) is 28.0 Å². The van der Waals surface area contributed by atoms with Crippen LogP contribution in [0.2, 0.25) is 0 Å². The standard InChI is InChI=1S/C16H12BrF4N3O2/c17-11-5-13(12(18)4-10(11)16(19,20)21)23-15(26)24-2-1-8-3-14(25)22-6-9(8)7-24/h3-6H,1-2,7H2,(H,22,25)(H,23,26). The Morgan fingerprint density at radius 3 is 2.65 bits per heavy atom. The van der Waals surface area contributed by atoms with Crippen molar-refractivity contribution >= 4 is 27.6 Å². The highest BCUT2D eigenvalue weighted by Crippen LogP contribution is 2.37. The van der Waals surface area contributed by atoms with Crippen LogP contribution in [-0.2, 0) is 19.1 Å². The molecule has 0 fully saturated rings. The molecule has 0 aliphatic carbocycles. The van der Waals surface area contributed by atoms with Crippen LogP contribution in [0, 0.1) is 5.82 Å². The smallest absolute Gasteiger partial charge is 0.329 e. The van der Waals surface area contributed by atoms with E-state index in [-0.39, 0.29) is 22.3 Å². The Bertz CT molecular complexity index is 927. The average molecular weight is 434 g/mol. The van der Waals surface area contributed by atoms with E-state index in [0.717, 1.165) is 17.2 Å². The van der Waals surface area contributed by atoms with Gasteiger partial charge in [0, 0.05) is 29.8 Å². The van der Waals surface area contributed by atoms with Gasteiger partial charge in [-0.2, -0.15) is 13.2 Å². The lowest BCUT2D eigenvalue weighted by atomic mass is 10.0. The van der Waals surface area contributed by atoms with E-state index in [1.54, 1.807) is 0 Å². The number of anilines is 1. The molecule has 1 aliphatic heterocycles. The van der Waals surface area contributed by atoms with Crippen molar-refractivity contribution in [2.24, 2.45) is 0 Å². The van der Waals surface area contributed by atoms with Gasteiger partial charge in [0.05, 0.1) is 11.3 Å². The molecule has 2 N–H and O–H groups in total. The van der Waals surface area contributed by atoms with E-state index in [1.165, 1.54) is 17.2 Å². The van der Waals surface area contributed by atoms with Crippen LogP contribution in [0.5, 0.6) is 0 Å². The highest BCUT2D eigenvalue weighted by atomic mass is 79.9. The van der Waals surface area contributed by atoms with Crippen LogP contribution in [0.3, 0.4) is 0 Å². The third-order valence-electron chi connectivity index (χ3n) is 4.01. The SMILES string of the molecule is O=C(Nc1cc(Br)c(C(F)(F)F)cc1F)N1CCc2cc(=O)[nH]cc2C1. The summed E-state index contributed by atoms with van der Waals surface area (Å²) in [7, 11) is 0. The second kappa shape index (κ2) is 6.75. The van der Waals surface area contributed by atoms with Crippen LogP contribution in [0.15, 0.2) is 33.7 Å². The number of amides is 2. The summed E-state index contributed by atoms with van der Waals surface area (Å²) < 4.78 is 51.9. The van der Waals surface area contributed by atoms with Crippen molar-refractivity contribution < 1.29 is 22.4 Å². The highest BCUT2D eigenvalue weighted by molar-refractivity contribution is 9.10. The Morgan fingerprint density at radius 2 is 1.96 bits per heavy atom. The maximum atomic E-state index is 14.0. The summed E-state index contributed by atoms with van der Waals surface area (Å²) in [6.45, 7) is 0.493. The molecule has 5 nitrogen and oxygen atoms in total. The molecule has 0 saturated carbocycles. The molecule has 2 amide bonds. The zero-order chi connectivity index (χ0) is 19.1. The van der Waals surface area contributed by atoms with Crippen LogP contribution in [0.1, 0.15) is 16.7 Å². The van der Waals surface area contributed by atoms with Crippen LogP contribution < -0.4 is 10.9 Å². The summed E-state index contributed by atoms with van der Waals surface area (Å²) in [4.78, 5) is 27.5. The largest absolute Gasteiger partial charge is 0.417 e. The normalized spacial score (nSPS) is 14.1. The number of alkyl halides is 3. The summed E-state index contributed by atoms with van der Waals surface area (Å²) in [5.74, 6) is -1.18. The summed E-state index contributed by atoms with van der Waals surface area (Å²) in [5.41, 5.74) is -0.189. The van der Waals surface area contributed by atoms with Gasteiger partial charge in [-0.3, -0.25) is 4.79 Å². The molecule has 0 atom stereocenters. The molecule has 2 aromatic rings. The molecule has 0 bridgehead atoms. The quantitative estimate of drug-likeness (QED) is 0.670. The number of H-pyrrole nitrogens is 1. The van der Waals surface area contributed by atoms with Gasteiger partial charge in [0.15, 0.2) is 0 Å². The molecule has 1 aliphatic rings. The third kappa shape index (κ3) is 3.74. The maximum absolute atomic E-state index is 14.0. The number of nitrogens with zero attached hydrogens (tertiary/aromatic N) is 1. The van der Waals surface area contributed by atoms with E-state index >= 15 is 0 Å². The number of aromatic amines is 1. The van der Waals surface area contributed by atoms with Crippen LogP contribution in [0.25, 0.3) is 0 Å². The minimum atomic E-state index is -4.71. The number of nitrogens with one attached hydrogen (secondary N) is 2. The monoisotopic (exact) mass is 433 g/mol. The minimum absolute atomic E-state index is 0.196. The third-order valence-corrected chi connectivity index (χ3v) is 4.67. The number of rotatable bonds is 1. The molecule has 3 rings (SSSR count). The van der Waals surface area contributed by atoms with Crippen LogP contribution in [-0.4, -0.2) is 22.5 Å². The van der Waals surface area contributed by atoms with Gasteiger partial charge in [0.25, 0.3) is 0 Å². The van der Waals surface area contributed by atoms with E-state index in [9.17, 15) is 27.2 Å².